The molecule has 3 heterocycles. The molecular formula is C34H34F3N3O3S. The van der Waals surface area contributed by atoms with Crippen LogP contribution in [0.5, 0.6) is 11.5 Å². The number of allylic oxidation sites excluding steroid dienone is 3. The number of nitrogens with zero attached hydrogens (tertiary/aromatic N) is 1. The molecular weight excluding hydrogens is 587 g/mol. The summed E-state index contributed by atoms with van der Waals surface area (Å²) in [5.74, 6) is -1.96. The Kier molecular flexibility index (Phi) is 9.39. The molecule has 2 N–H and O–H groups in total. The van der Waals surface area contributed by atoms with Crippen LogP contribution in [-0.4, -0.2) is 34.7 Å². The molecule has 0 unspecified atom stereocenters. The molecule has 1 atom stereocenters. The number of thioether (sulfide) groups is 1. The number of aromatic nitrogens is 2. The maximum atomic E-state index is 15.5. The second-order valence-corrected chi connectivity index (χ2v) is 12.7. The standard InChI is InChI=1S/C34H34F3N3O3S/c1-20(2)44-32-21(3)12-14-38-18-27(36)29(37)31(32)43-23-10-11-26(35)24(17-23)33-39-19-28(40-33)34(4)13-16-42-30-22(8-6-15-41)7-5-9-25(30)34/h5,7,9-12,14-15,17,19-20,38H,3,6,8,13,16,18H2,1-2,4H3,(H,39,40)/b14-12-,29-27-,32-31-/t34-/m0/s1. The molecule has 0 saturated carbocycles. The Morgan fingerprint density at radius 3 is 2.82 bits per heavy atom. The molecule has 0 bridgehead atoms. The summed E-state index contributed by atoms with van der Waals surface area (Å²) in [5.41, 5.74) is 2.70. The second kappa shape index (κ2) is 13.2. The van der Waals surface area contributed by atoms with Gasteiger partial charge in [-0.05, 0) is 61.4 Å². The molecule has 3 aromatic rings. The lowest BCUT2D eigenvalue weighted by Crippen LogP contribution is -2.32. The van der Waals surface area contributed by atoms with Crippen LogP contribution in [0.15, 0.2) is 89.3 Å². The van der Waals surface area contributed by atoms with Crippen LogP contribution in [0.4, 0.5) is 13.2 Å². The number of carbonyl (C=O) groups is 1. The van der Waals surface area contributed by atoms with Crippen molar-refractivity contribution in [3.05, 3.63) is 112 Å². The van der Waals surface area contributed by atoms with Gasteiger partial charge in [-0.3, -0.25) is 0 Å². The van der Waals surface area contributed by atoms with Crippen molar-refractivity contribution < 1.29 is 27.4 Å². The third-order valence-electron chi connectivity index (χ3n) is 7.60. The Hall–Kier alpha value is -4.18. The normalized spacial score (nSPS) is 22.8. The summed E-state index contributed by atoms with van der Waals surface area (Å²) in [6.07, 6.45) is 7.31. The average Bonchev–Trinajstić information content (AvgIpc) is 3.52. The summed E-state index contributed by atoms with van der Waals surface area (Å²) in [5, 5.41) is 2.71. The molecule has 2 aliphatic heterocycles. The van der Waals surface area contributed by atoms with Crippen molar-refractivity contribution in [1.82, 2.24) is 15.3 Å². The van der Waals surface area contributed by atoms with E-state index >= 15 is 8.78 Å². The van der Waals surface area contributed by atoms with Crippen molar-refractivity contribution in [2.24, 2.45) is 0 Å². The minimum absolute atomic E-state index is 0.0152. The monoisotopic (exact) mass is 621 g/mol. The van der Waals surface area contributed by atoms with Crippen molar-refractivity contribution in [1.29, 1.82) is 0 Å². The lowest BCUT2D eigenvalue weighted by atomic mass is 9.74. The number of hydrogen-bond acceptors (Lipinski definition) is 6. The molecule has 44 heavy (non-hydrogen) atoms. The molecule has 0 radical (unpaired) electrons. The first-order valence-electron chi connectivity index (χ1n) is 14.4. The van der Waals surface area contributed by atoms with Crippen molar-refractivity contribution in [3.8, 4) is 22.9 Å². The van der Waals surface area contributed by atoms with Gasteiger partial charge in [0.05, 0.1) is 23.6 Å². The Balaban J connectivity index is 1.52. The molecule has 1 aromatic heterocycles. The molecule has 2 aromatic carbocycles. The average molecular weight is 622 g/mol. The highest BCUT2D eigenvalue weighted by Crippen LogP contribution is 2.45. The number of aldehydes is 1. The van der Waals surface area contributed by atoms with Crippen molar-refractivity contribution in [2.75, 3.05) is 13.2 Å². The Bertz CT molecular complexity index is 1680. The minimum Gasteiger partial charge on any atom is -0.493 e. The zero-order valence-electron chi connectivity index (χ0n) is 24.8. The fourth-order valence-electron chi connectivity index (χ4n) is 5.26. The minimum atomic E-state index is -1.16. The largest absolute Gasteiger partial charge is 0.493 e. The van der Waals surface area contributed by atoms with Crippen molar-refractivity contribution >= 4 is 18.0 Å². The van der Waals surface area contributed by atoms with Gasteiger partial charge in [0.15, 0.2) is 17.4 Å². The van der Waals surface area contributed by atoms with Crippen LogP contribution < -0.4 is 14.8 Å². The van der Waals surface area contributed by atoms with Gasteiger partial charge >= 0.3 is 0 Å². The van der Waals surface area contributed by atoms with Gasteiger partial charge in [-0.15, -0.1) is 11.8 Å². The Morgan fingerprint density at radius 2 is 2.05 bits per heavy atom. The van der Waals surface area contributed by atoms with E-state index < -0.39 is 22.9 Å². The third-order valence-corrected chi connectivity index (χ3v) is 8.76. The lowest BCUT2D eigenvalue weighted by Gasteiger charge is -2.36. The van der Waals surface area contributed by atoms with E-state index in [1.165, 1.54) is 36.2 Å². The van der Waals surface area contributed by atoms with Gasteiger partial charge in [0.25, 0.3) is 0 Å². The first-order valence-corrected chi connectivity index (χ1v) is 15.3. The molecule has 5 rings (SSSR count). The van der Waals surface area contributed by atoms with Crippen LogP contribution in [0.1, 0.15) is 50.4 Å². The molecule has 230 valence electrons. The Morgan fingerprint density at radius 1 is 1.23 bits per heavy atom. The van der Waals surface area contributed by atoms with Gasteiger partial charge < -0.3 is 24.6 Å². The highest BCUT2D eigenvalue weighted by Gasteiger charge is 2.37. The quantitative estimate of drug-likeness (QED) is 0.236. The van der Waals surface area contributed by atoms with E-state index in [-0.39, 0.29) is 34.7 Å². The predicted molar refractivity (Wildman–Crippen MR) is 167 cm³/mol. The number of aromatic amines is 1. The van der Waals surface area contributed by atoms with Crippen LogP contribution >= 0.6 is 11.8 Å². The number of H-pyrrole nitrogens is 1. The zero-order valence-corrected chi connectivity index (χ0v) is 25.6. The number of aryl methyl sites for hydroxylation is 1. The molecule has 0 aliphatic carbocycles. The van der Waals surface area contributed by atoms with Crippen LogP contribution in [0.2, 0.25) is 0 Å². The summed E-state index contributed by atoms with van der Waals surface area (Å²) >= 11 is 1.29. The number of benzene rings is 2. The van der Waals surface area contributed by atoms with E-state index in [1.54, 1.807) is 12.3 Å². The van der Waals surface area contributed by atoms with Gasteiger partial charge in [0, 0.05) is 34.5 Å². The van der Waals surface area contributed by atoms with E-state index in [2.05, 4.69) is 28.8 Å². The fourth-order valence-corrected chi connectivity index (χ4v) is 6.19. The number of carbonyl (C=O) groups excluding carboxylic acids is 1. The number of fused-ring (bicyclic) bond motifs is 1. The second-order valence-electron chi connectivity index (χ2n) is 11.1. The maximum absolute atomic E-state index is 15.5. The van der Waals surface area contributed by atoms with Gasteiger partial charge in [-0.1, -0.05) is 38.6 Å². The first-order chi connectivity index (χ1) is 21.1. The number of para-hydroxylation sites is 1. The highest BCUT2D eigenvalue weighted by atomic mass is 32.2. The number of halogens is 3. The SMILES string of the molecule is C=C1/C=C\NC/C(F)=C(F)\C(Oc2ccc(F)c(-c3ncc([C@@]4(C)CCOc5c(CCC=O)cccc54)[nH]3)c2)=C/1SC(C)C. The molecule has 0 amide bonds. The predicted octanol–water partition coefficient (Wildman–Crippen LogP) is 7.99. The van der Waals surface area contributed by atoms with E-state index in [1.807, 2.05) is 32.0 Å². The molecule has 0 spiro atoms. The summed E-state index contributed by atoms with van der Waals surface area (Å²) in [7, 11) is 0. The van der Waals surface area contributed by atoms with Crippen molar-refractivity contribution in [3.63, 3.8) is 0 Å². The zero-order chi connectivity index (χ0) is 31.4. The van der Waals surface area contributed by atoms with Gasteiger partial charge in [0.2, 0.25) is 0 Å². The van der Waals surface area contributed by atoms with E-state index in [0.29, 0.717) is 36.3 Å². The Labute approximate surface area is 259 Å². The summed E-state index contributed by atoms with van der Waals surface area (Å²) in [6, 6.07) is 9.87. The van der Waals surface area contributed by atoms with Crippen molar-refractivity contribution in [2.45, 2.75) is 50.7 Å². The van der Waals surface area contributed by atoms with Crippen LogP contribution in [0.3, 0.4) is 0 Å². The number of ether oxygens (including phenoxy) is 2. The number of imidazole rings is 1. The molecule has 10 heteroatoms. The summed E-state index contributed by atoms with van der Waals surface area (Å²) in [6.45, 7) is 10.0. The van der Waals surface area contributed by atoms with E-state index in [4.69, 9.17) is 9.47 Å². The number of nitrogens with one attached hydrogen (secondary N) is 2. The molecule has 0 fully saturated rings. The fraction of sp³-hybridized carbons (Fsp3) is 0.294. The summed E-state index contributed by atoms with van der Waals surface area (Å²) in [4.78, 5) is 19.1. The van der Waals surface area contributed by atoms with E-state index in [9.17, 15) is 9.18 Å². The maximum Gasteiger partial charge on any atom is 0.200 e. The topological polar surface area (TPSA) is 76.2 Å². The summed E-state index contributed by atoms with van der Waals surface area (Å²) < 4.78 is 57.5. The highest BCUT2D eigenvalue weighted by molar-refractivity contribution is 8.03. The third kappa shape index (κ3) is 6.36. The molecule has 2 aliphatic rings. The number of rotatable bonds is 9. The van der Waals surface area contributed by atoms with Crippen LogP contribution in [0, 0.1) is 5.82 Å². The molecule has 6 nitrogen and oxygen atoms in total. The molecule has 0 saturated heterocycles. The lowest BCUT2D eigenvalue weighted by molar-refractivity contribution is -0.107. The van der Waals surface area contributed by atoms with Gasteiger partial charge in [-0.2, -0.15) is 4.39 Å². The smallest absolute Gasteiger partial charge is 0.200 e. The van der Waals surface area contributed by atoms with E-state index in [0.717, 1.165) is 28.9 Å². The van der Waals surface area contributed by atoms with Gasteiger partial charge in [-0.25, -0.2) is 13.8 Å². The van der Waals surface area contributed by atoms with Gasteiger partial charge in [0.1, 0.15) is 29.4 Å². The van der Waals surface area contributed by atoms with Crippen LogP contribution in [-0.2, 0) is 16.6 Å². The van der Waals surface area contributed by atoms with Crippen LogP contribution in [0.25, 0.3) is 11.4 Å². The first kappa shape index (κ1) is 31.3. The number of hydrogen-bond donors (Lipinski definition) is 2.